The third kappa shape index (κ3) is 2.71. The van der Waals surface area contributed by atoms with Crippen molar-refractivity contribution in [2.75, 3.05) is 11.9 Å². The molecule has 0 aliphatic carbocycles. The van der Waals surface area contributed by atoms with Gasteiger partial charge in [0.05, 0.1) is 0 Å². The number of nitro groups is 1. The normalized spacial score (nSPS) is 12.8. The highest BCUT2D eigenvalue weighted by atomic mass is 16.6. The summed E-state index contributed by atoms with van der Waals surface area (Å²) in [6, 6.07) is 0. The zero-order valence-electron chi connectivity index (χ0n) is 10.1. The zero-order valence-corrected chi connectivity index (χ0v) is 10.1. The average molecular weight is 226 g/mol. The fraction of sp³-hybridized carbons (Fsp3) is 0.700. The van der Waals surface area contributed by atoms with Crippen LogP contribution in [0.2, 0.25) is 0 Å². The molecule has 1 aromatic rings. The van der Waals surface area contributed by atoms with Crippen molar-refractivity contribution < 1.29 is 4.92 Å². The van der Waals surface area contributed by atoms with Crippen LogP contribution in [0.3, 0.4) is 0 Å². The molecule has 0 saturated heterocycles. The van der Waals surface area contributed by atoms with Crippen LogP contribution >= 0.6 is 0 Å². The molecular formula is C10H18N4O2. The lowest BCUT2D eigenvalue weighted by Crippen LogP contribution is -2.18. The smallest absolute Gasteiger partial charge is 0.364 e. The molecule has 1 N–H and O–H groups in total. The lowest BCUT2D eigenvalue weighted by Gasteiger charge is -2.16. The molecule has 0 bridgehead atoms. The second-order valence-electron chi connectivity index (χ2n) is 4.39. The zero-order chi connectivity index (χ0) is 12.3. The maximum atomic E-state index is 10.7. The minimum atomic E-state index is -0.470. The maximum Gasteiger partial charge on any atom is 0.406 e. The summed E-state index contributed by atoms with van der Waals surface area (Å²) < 4.78 is 1.63. The van der Waals surface area contributed by atoms with Gasteiger partial charge in [-0.2, -0.15) is 0 Å². The summed E-state index contributed by atoms with van der Waals surface area (Å²) >= 11 is 0. The van der Waals surface area contributed by atoms with E-state index in [1.807, 2.05) is 0 Å². The van der Waals surface area contributed by atoms with Gasteiger partial charge < -0.3 is 15.4 Å². The Morgan fingerprint density at radius 3 is 2.69 bits per heavy atom. The van der Waals surface area contributed by atoms with E-state index in [0.717, 1.165) is 0 Å². The van der Waals surface area contributed by atoms with E-state index in [1.165, 1.54) is 6.33 Å². The van der Waals surface area contributed by atoms with Gasteiger partial charge in [0.15, 0.2) is 0 Å². The van der Waals surface area contributed by atoms with Crippen LogP contribution in [0, 0.1) is 22.0 Å². The van der Waals surface area contributed by atoms with E-state index in [1.54, 1.807) is 11.6 Å². The van der Waals surface area contributed by atoms with Crippen LogP contribution in [0.15, 0.2) is 6.33 Å². The van der Waals surface area contributed by atoms with Crippen LogP contribution < -0.4 is 5.32 Å². The first-order chi connectivity index (χ1) is 7.43. The van der Waals surface area contributed by atoms with Crippen molar-refractivity contribution >= 4 is 11.6 Å². The summed E-state index contributed by atoms with van der Waals surface area (Å²) in [6.45, 7) is 7.08. The molecule has 1 unspecified atom stereocenters. The summed E-state index contributed by atoms with van der Waals surface area (Å²) in [7, 11) is 1.74. The van der Waals surface area contributed by atoms with Crippen molar-refractivity contribution in [1.29, 1.82) is 0 Å². The number of imidazole rings is 1. The first kappa shape index (κ1) is 12.5. The first-order valence-corrected chi connectivity index (χ1v) is 5.33. The number of rotatable bonds is 5. The predicted octanol–water partition coefficient (Wildman–Crippen LogP) is 2.03. The Labute approximate surface area is 94.8 Å². The third-order valence-corrected chi connectivity index (χ3v) is 2.82. The lowest BCUT2D eigenvalue weighted by atomic mass is 9.98. The minimum Gasteiger partial charge on any atom is -0.364 e. The second kappa shape index (κ2) is 4.96. The molecule has 0 saturated carbocycles. The molecule has 0 aliphatic rings. The Hall–Kier alpha value is -1.59. The predicted molar refractivity (Wildman–Crippen MR) is 62.4 cm³/mol. The van der Waals surface area contributed by atoms with Crippen molar-refractivity contribution in [2.24, 2.45) is 18.9 Å². The number of hydrogen-bond acceptors (Lipinski definition) is 4. The SMILES string of the molecule is CC(C)C(C)CNc1c([N+](=O)[O-])ncn1C. The van der Waals surface area contributed by atoms with Gasteiger partial charge in [0.25, 0.3) is 0 Å². The van der Waals surface area contributed by atoms with Gasteiger partial charge in [0, 0.05) is 13.6 Å². The molecule has 0 radical (unpaired) electrons. The number of aryl methyl sites for hydroxylation is 1. The number of aromatic nitrogens is 2. The lowest BCUT2D eigenvalue weighted by molar-refractivity contribution is -0.388. The van der Waals surface area contributed by atoms with Gasteiger partial charge in [-0.15, -0.1) is 0 Å². The second-order valence-corrected chi connectivity index (χ2v) is 4.39. The topological polar surface area (TPSA) is 73.0 Å². The van der Waals surface area contributed by atoms with E-state index in [4.69, 9.17) is 0 Å². The summed E-state index contributed by atoms with van der Waals surface area (Å²) in [5.41, 5.74) is 0. The van der Waals surface area contributed by atoms with Crippen LogP contribution in [0.25, 0.3) is 0 Å². The number of anilines is 1. The molecule has 0 aromatic carbocycles. The van der Waals surface area contributed by atoms with Gasteiger partial charge in [0.2, 0.25) is 12.1 Å². The third-order valence-electron chi connectivity index (χ3n) is 2.82. The molecule has 0 spiro atoms. The van der Waals surface area contributed by atoms with Crippen LogP contribution in [0.5, 0.6) is 0 Å². The van der Waals surface area contributed by atoms with Gasteiger partial charge >= 0.3 is 5.82 Å². The quantitative estimate of drug-likeness (QED) is 0.616. The molecule has 1 atom stereocenters. The van der Waals surface area contributed by atoms with Crippen molar-refractivity contribution in [2.45, 2.75) is 20.8 Å². The first-order valence-electron chi connectivity index (χ1n) is 5.33. The summed E-state index contributed by atoms with van der Waals surface area (Å²) in [6.07, 6.45) is 1.44. The molecule has 0 aliphatic heterocycles. The van der Waals surface area contributed by atoms with Crippen LogP contribution in [-0.2, 0) is 7.05 Å². The summed E-state index contributed by atoms with van der Waals surface area (Å²) in [5.74, 6) is 1.35. The Morgan fingerprint density at radius 1 is 1.56 bits per heavy atom. The molecular weight excluding hydrogens is 208 g/mol. The largest absolute Gasteiger partial charge is 0.406 e. The van der Waals surface area contributed by atoms with Crippen molar-refractivity contribution in [1.82, 2.24) is 9.55 Å². The van der Waals surface area contributed by atoms with E-state index in [0.29, 0.717) is 24.2 Å². The Bertz CT molecular complexity index is 373. The molecule has 0 amide bonds. The highest BCUT2D eigenvalue weighted by Crippen LogP contribution is 2.22. The van der Waals surface area contributed by atoms with Crippen LogP contribution in [0.4, 0.5) is 11.6 Å². The average Bonchev–Trinajstić information content (AvgIpc) is 2.56. The Kier molecular flexibility index (Phi) is 3.87. The maximum absolute atomic E-state index is 10.7. The number of hydrogen-bond donors (Lipinski definition) is 1. The monoisotopic (exact) mass is 226 g/mol. The van der Waals surface area contributed by atoms with Crippen molar-refractivity contribution in [3.8, 4) is 0 Å². The highest BCUT2D eigenvalue weighted by molar-refractivity contribution is 5.51. The Morgan fingerprint density at radius 2 is 2.19 bits per heavy atom. The van der Waals surface area contributed by atoms with Gasteiger partial charge in [0.1, 0.15) is 0 Å². The van der Waals surface area contributed by atoms with Gasteiger partial charge in [-0.05, 0) is 21.7 Å². The molecule has 1 rings (SSSR count). The van der Waals surface area contributed by atoms with Gasteiger partial charge in [-0.3, -0.25) is 4.57 Å². The van der Waals surface area contributed by atoms with Crippen LogP contribution in [0.1, 0.15) is 20.8 Å². The van der Waals surface area contributed by atoms with Gasteiger partial charge in [-0.25, -0.2) is 0 Å². The molecule has 1 aromatic heterocycles. The number of nitrogens with one attached hydrogen (secondary N) is 1. The molecule has 1 heterocycles. The van der Waals surface area contributed by atoms with E-state index >= 15 is 0 Å². The fourth-order valence-electron chi connectivity index (χ4n) is 1.25. The molecule has 90 valence electrons. The summed E-state index contributed by atoms with van der Waals surface area (Å²) in [5, 5.41) is 13.8. The van der Waals surface area contributed by atoms with Crippen molar-refractivity contribution in [3.05, 3.63) is 16.4 Å². The fourth-order valence-corrected chi connectivity index (χ4v) is 1.25. The van der Waals surface area contributed by atoms with E-state index in [2.05, 4.69) is 31.1 Å². The highest BCUT2D eigenvalue weighted by Gasteiger charge is 2.20. The summed E-state index contributed by atoms with van der Waals surface area (Å²) in [4.78, 5) is 14.0. The van der Waals surface area contributed by atoms with Crippen LogP contribution in [-0.4, -0.2) is 21.0 Å². The molecule has 0 fully saturated rings. The Balaban J connectivity index is 2.73. The minimum absolute atomic E-state index is 0.113. The van der Waals surface area contributed by atoms with Crippen molar-refractivity contribution in [3.63, 3.8) is 0 Å². The molecule has 16 heavy (non-hydrogen) atoms. The van der Waals surface area contributed by atoms with E-state index < -0.39 is 4.92 Å². The standard InChI is InChI=1S/C10H18N4O2/c1-7(2)8(3)5-11-9-10(14(15)16)12-6-13(9)4/h6-8,11H,5H2,1-4H3. The molecule has 6 heteroatoms. The molecule has 6 nitrogen and oxygen atoms in total. The number of nitrogens with zero attached hydrogens (tertiary/aromatic N) is 3. The van der Waals surface area contributed by atoms with E-state index in [9.17, 15) is 10.1 Å². The van der Waals surface area contributed by atoms with Gasteiger partial charge in [-0.1, -0.05) is 20.8 Å². The van der Waals surface area contributed by atoms with E-state index in [-0.39, 0.29) is 5.82 Å².